The van der Waals surface area contributed by atoms with Crippen LogP contribution in [0.25, 0.3) is 11.1 Å². The number of carboxylic acid groups (broad SMARTS) is 1. The summed E-state index contributed by atoms with van der Waals surface area (Å²) in [4.78, 5) is 23.0. The molecule has 0 spiro atoms. The lowest BCUT2D eigenvalue weighted by Gasteiger charge is -2.12. The van der Waals surface area contributed by atoms with Crippen LogP contribution in [0.2, 0.25) is 0 Å². The molecule has 0 saturated carbocycles. The highest BCUT2D eigenvalue weighted by molar-refractivity contribution is 5.88. The molecule has 2 aromatic rings. The monoisotopic (exact) mass is 222 g/mol. The second-order valence-electron chi connectivity index (χ2n) is 3.42. The van der Waals surface area contributed by atoms with Crippen LogP contribution in [-0.2, 0) is 7.05 Å². The van der Waals surface area contributed by atoms with Crippen LogP contribution >= 0.6 is 0 Å². The summed E-state index contributed by atoms with van der Waals surface area (Å²) in [7, 11) is 3.01. The minimum Gasteiger partial charge on any atom is -0.465 e. The smallest absolute Gasteiger partial charge is 0.419 e. The Hall–Kier alpha value is -2.24. The standard InChI is InChI=1S/C10H10N2O4/c1-11(9(13)14)6-3-4-7-8(5-6)16-10(15)12(7)2/h3-5H,1-2H3,(H,13,14). The molecule has 0 fully saturated rings. The lowest BCUT2D eigenvalue weighted by atomic mass is 10.2. The van der Waals surface area contributed by atoms with Crippen molar-refractivity contribution in [1.82, 2.24) is 4.57 Å². The van der Waals surface area contributed by atoms with E-state index >= 15 is 0 Å². The summed E-state index contributed by atoms with van der Waals surface area (Å²) in [5, 5.41) is 8.80. The van der Waals surface area contributed by atoms with Crippen molar-refractivity contribution >= 4 is 22.9 Å². The maximum atomic E-state index is 11.2. The van der Waals surface area contributed by atoms with E-state index in [1.807, 2.05) is 0 Å². The molecule has 6 heteroatoms. The average Bonchev–Trinajstić information content (AvgIpc) is 2.53. The molecule has 0 radical (unpaired) electrons. The zero-order chi connectivity index (χ0) is 11.9. The van der Waals surface area contributed by atoms with Gasteiger partial charge in [0.05, 0.1) is 11.2 Å². The van der Waals surface area contributed by atoms with Gasteiger partial charge in [0.2, 0.25) is 0 Å². The van der Waals surface area contributed by atoms with Gasteiger partial charge in [-0.25, -0.2) is 9.59 Å². The van der Waals surface area contributed by atoms with Gasteiger partial charge in [0, 0.05) is 20.2 Å². The number of aromatic nitrogens is 1. The number of rotatable bonds is 1. The summed E-state index contributed by atoms with van der Waals surface area (Å²) < 4.78 is 6.32. The molecule has 2 rings (SSSR count). The molecule has 1 heterocycles. The van der Waals surface area contributed by atoms with Gasteiger partial charge in [0.15, 0.2) is 5.58 Å². The Morgan fingerprint density at radius 1 is 1.50 bits per heavy atom. The molecular weight excluding hydrogens is 212 g/mol. The van der Waals surface area contributed by atoms with Gasteiger partial charge in [0.25, 0.3) is 0 Å². The van der Waals surface area contributed by atoms with Crippen molar-refractivity contribution in [2.75, 3.05) is 11.9 Å². The molecular formula is C10H10N2O4. The number of hydrogen-bond acceptors (Lipinski definition) is 3. The minimum atomic E-state index is -1.07. The molecule has 0 aliphatic carbocycles. The van der Waals surface area contributed by atoms with Gasteiger partial charge in [-0.3, -0.25) is 9.47 Å². The van der Waals surface area contributed by atoms with Gasteiger partial charge in [-0.15, -0.1) is 0 Å². The Bertz CT molecular complexity index is 611. The highest BCUT2D eigenvalue weighted by atomic mass is 16.4. The molecule has 0 aliphatic heterocycles. The fourth-order valence-corrected chi connectivity index (χ4v) is 1.44. The Kier molecular flexibility index (Phi) is 2.19. The van der Waals surface area contributed by atoms with Gasteiger partial charge >= 0.3 is 11.8 Å². The van der Waals surface area contributed by atoms with E-state index in [4.69, 9.17) is 9.52 Å². The van der Waals surface area contributed by atoms with Gasteiger partial charge in [0.1, 0.15) is 0 Å². The second kappa shape index (κ2) is 3.41. The van der Waals surface area contributed by atoms with E-state index in [9.17, 15) is 9.59 Å². The molecule has 1 aromatic heterocycles. The van der Waals surface area contributed by atoms with Crippen molar-refractivity contribution in [2.24, 2.45) is 7.05 Å². The molecule has 0 aliphatic rings. The van der Waals surface area contributed by atoms with Crippen LogP contribution in [0, 0.1) is 0 Å². The van der Waals surface area contributed by atoms with E-state index in [-0.39, 0.29) is 0 Å². The number of nitrogens with zero attached hydrogens (tertiary/aromatic N) is 2. The SMILES string of the molecule is CN(C(=O)O)c1ccc2c(c1)oc(=O)n2C. The van der Waals surface area contributed by atoms with E-state index in [0.717, 1.165) is 4.90 Å². The number of benzene rings is 1. The first kappa shape index (κ1) is 10.3. The van der Waals surface area contributed by atoms with Crippen molar-refractivity contribution in [3.63, 3.8) is 0 Å². The molecule has 1 N–H and O–H groups in total. The van der Waals surface area contributed by atoms with E-state index in [1.54, 1.807) is 19.2 Å². The number of oxazole rings is 1. The first-order valence-corrected chi connectivity index (χ1v) is 4.57. The normalized spacial score (nSPS) is 10.6. The maximum Gasteiger partial charge on any atom is 0.419 e. The van der Waals surface area contributed by atoms with E-state index in [2.05, 4.69) is 0 Å². The first-order valence-electron chi connectivity index (χ1n) is 4.57. The molecule has 84 valence electrons. The molecule has 0 unspecified atom stereocenters. The van der Waals surface area contributed by atoms with E-state index in [0.29, 0.717) is 16.8 Å². The summed E-state index contributed by atoms with van der Waals surface area (Å²) in [5.41, 5.74) is 1.46. The zero-order valence-electron chi connectivity index (χ0n) is 8.80. The third kappa shape index (κ3) is 1.44. The van der Waals surface area contributed by atoms with Gasteiger partial charge in [-0.05, 0) is 12.1 Å². The van der Waals surface area contributed by atoms with E-state index in [1.165, 1.54) is 17.7 Å². The van der Waals surface area contributed by atoms with Crippen LogP contribution in [0.3, 0.4) is 0 Å². The van der Waals surface area contributed by atoms with Crippen LogP contribution in [-0.4, -0.2) is 22.8 Å². The second-order valence-corrected chi connectivity index (χ2v) is 3.42. The summed E-state index contributed by atoms with van der Waals surface area (Å²) in [6, 6.07) is 4.78. The summed E-state index contributed by atoms with van der Waals surface area (Å²) in [5.74, 6) is -0.467. The topological polar surface area (TPSA) is 75.7 Å². The lowest BCUT2D eigenvalue weighted by Crippen LogP contribution is -2.23. The fourth-order valence-electron chi connectivity index (χ4n) is 1.44. The minimum absolute atomic E-state index is 0.373. The molecule has 1 aromatic carbocycles. The number of hydrogen-bond donors (Lipinski definition) is 1. The van der Waals surface area contributed by atoms with Crippen molar-refractivity contribution in [3.05, 3.63) is 28.7 Å². The zero-order valence-corrected chi connectivity index (χ0v) is 8.80. The van der Waals surface area contributed by atoms with Crippen LogP contribution in [0.5, 0.6) is 0 Å². The van der Waals surface area contributed by atoms with E-state index < -0.39 is 11.8 Å². The summed E-state index contributed by atoms with van der Waals surface area (Å²) in [6.07, 6.45) is -1.07. The number of carbonyl (C=O) groups is 1. The molecule has 0 saturated heterocycles. The molecule has 0 bridgehead atoms. The highest BCUT2D eigenvalue weighted by Gasteiger charge is 2.11. The van der Waals surface area contributed by atoms with Crippen LogP contribution < -0.4 is 10.7 Å². The van der Waals surface area contributed by atoms with Gasteiger partial charge < -0.3 is 9.52 Å². The maximum absolute atomic E-state index is 11.2. The number of aryl methyl sites for hydroxylation is 1. The van der Waals surface area contributed by atoms with Crippen molar-refractivity contribution in [3.8, 4) is 0 Å². The highest BCUT2D eigenvalue weighted by Crippen LogP contribution is 2.20. The Morgan fingerprint density at radius 2 is 2.19 bits per heavy atom. The average molecular weight is 222 g/mol. The predicted molar refractivity (Wildman–Crippen MR) is 57.9 cm³/mol. The molecule has 0 atom stereocenters. The summed E-state index contributed by atoms with van der Waals surface area (Å²) in [6.45, 7) is 0. The number of amides is 1. The van der Waals surface area contributed by atoms with Gasteiger partial charge in [-0.1, -0.05) is 0 Å². The van der Waals surface area contributed by atoms with Crippen molar-refractivity contribution < 1.29 is 14.3 Å². The lowest BCUT2D eigenvalue weighted by molar-refractivity contribution is 0.203. The van der Waals surface area contributed by atoms with Crippen molar-refractivity contribution in [1.29, 1.82) is 0 Å². The third-order valence-electron chi connectivity index (χ3n) is 2.45. The number of anilines is 1. The van der Waals surface area contributed by atoms with Crippen LogP contribution in [0.4, 0.5) is 10.5 Å². The largest absolute Gasteiger partial charge is 0.465 e. The molecule has 6 nitrogen and oxygen atoms in total. The Labute approximate surface area is 90.3 Å². The van der Waals surface area contributed by atoms with Crippen molar-refractivity contribution in [2.45, 2.75) is 0 Å². The van der Waals surface area contributed by atoms with Gasteiger partial charge in [-0.2, -0.15) is 0 Å². The predicted octanol–water partition coefficient (Wildman–Crippen LogP) is 1.25. The third-order valence-corrected chi connectivity index (χ3v) is 2.45. The quantitative estimate of drug-likeness (QED) is 0.787. The first-order chi connectivity index (χ1) is 7.50. The Balaban J connectivity index is 2.61. The molecule has 1 amide bonds. The number of fused-ring (bicyclic) bond motifs is 1. The van der Waals surface area contributed by atoms with Crippen LogP contribution in [0.1, 0.15) is 0 Å². The van der Waals surface area contributed by atoms with Crippen LogP contribution in [0.15, 0.2) is 27.4 Å². The summed E-state index contributed by atoms with van der Waals surface area (Å²) >= 11 is 0. The fraction of sp³-hybridized carbons (Fsp3) is 0.200. The molecule has 16 heavy (non-hydrogen) atoms. The Morgan fingerprint density at radius 3 is 2.81 bits per heavy atom.